The molecule has 0 aliphatic carbocycles. The second-order valence-corrected chi connectivity index (χ2v) is 6.97. The first-order chi connectivity index (χ1) is 10.9. The largest absolute Gasteiger partial charge is 0.349 e. The molecule has 0 spiro atoms. The highest BCUT2D eigenvalue weighted by molar-refractivity contribution is 7.88. The van der Waals surface area contributed by atoms with Crippen molar-refractivity contribution in [2.75, 3.05) is 12.8 Å². The minimum atomic E-state index is -3.51. The van der Waals surface area contributed by atoms with E-state index in [2.05, 4.69) is 15.3 Å². The molecule has 2 heterocycles. The van der Waals surface area contributed by atoms with E-state index in [9.17, 15) is 13.2 Å². The van der Waals surface area contributed by atoms with Gasteiger partial charge in [0.1, 0.15) is 0 Å². The number of rotatable bonds is 7. The number of sulfonamides is 1. The van der Waals surface area contributed by atoms with Crippen LogP contribution in [-0.2, 0) is 27.9 Å². The van der Waals surface area contributed by atoms with Gasteiger partial charge < -0.3 is 5.32 Å². The fourth-order valence-electron chi connectivity index (χ4n) is 1.89. The Morgan fingerprint density at radius 2 is 2.04 bits per heavy atom. The Labute approximate surface area is 135 Å². The van der Waals surface area contributed by atoms with Crippen molar-refractivity contribution in [1.29, 1.82) is 0 Å². The molecule has 1 N–H and O–H groups in total. The van der Waals surface area contributed by atoms with Crippen LogP contribution in [0.3, 0.4) is 0 Å². The number of pyridine rings is 2. The van der Waals surface area contributed by atoms with E-state index in [0.29, 0.717) is 5.69 Å². The van der Waals surface area contributed by atoms with E-state index < -0.39 is 10.0 Å². The first kappa shape index (κ1) is 17.0. The molecule has 0 fully saturated rings. The van der Waals surface area contributed by atoms with E-state index in [-0.39, 0.29) is 25.5 Å². The van der Waals surface area contributed by atoms with Gasteiger partial charge in [-0.2, -0.15) is 4.31 Å². The van der Waals surface area contributed by atoms with Crippen LogP contribution in [0.25, 0.3) is 0 Å². The average molecular weight is 334 g/mol. The highest BCUT2D eigenvalue weighted by Crippen LogP contribution is 2.07. The number of carbonyl (C=O) groups excluding carboxylic acids is 1. The van der Waals surface area contributed by atoms with Gasteiger partial charge in [0, 0.05) is 25.1 Å². The van der Waals surface area contributed by atoms with Gasteiger partial charge in [-0.25, -0.2) is 8.42 Å². The molecule has 2 rings (SSSR count). The summed E-state index contributed by atoms with van der Waals surface area (Å²) in [6.45, 7) is 0.106. The maximum absolute atomic E-state index is 12.0. The number of aromatic nitrogens is 2. The van der Waals surface area contributed by atoms with Gasteiger partial charge in [0.05, 0.1) is 25.0 Å². The zero-order valence-electron chi connectivity index (χ0n) is 12.7. The number of nitrogens with zero attached hydrogens (tertiary/aromatic N) is 3. The summed E-state index contributed by atoms with van der Waals surface area (Å²) in [5, 5.41) is 2.66. The monoisotopic (exact) mass is 334 g/mol. The summed E-state index contributed by atoms with van der Waals surface area (Å²) in [6.07, 6.45) is 5.89. The Morgan fingerprint density at radius 3 is 2.65 bits per heavy atom. The molecule has 1 amide bonds. The minimum Gasteiger partial charge on any atom is -0.349 e. The van der Waals surface area contributed by atoms with E-state index in [1.165, 1.54) is 0 Å². The first-order valence-electron chi connectivity index (χ1n) is 6.96. The molecule has 0 aliphatic heterocycles. The fraction of sp³-hybridized carbons (Fsp3) is 0.267. The average Bonchev–Trinajstić information content (AvgIpc) is 2.53. The van der Waals surface area contributed by atoms with Crippen molar-refractivity contribution in [3.63, 3.8) is 0 Å². The molecular weight excluding hydrogens is 316 g/mol. The van der Waals surface area contributed by atoms with Gasteiger partial charge in [-0.05, 0) is 23.8 Å². The molecular formula is C15H18N4O3S. The molecule has 122 valence electrons. The van der Waals surface area contributed by atoms with Crippen LogP contribution >= 0.6 is 0 Å². The normalized spacial score (nSPS) is 11.4. The molecule has 0 saturated heterocycles. The van der Waals surface area contributed by atoms with Gasteiger partial charge in [-0.1, -0.05) is 12.1 Å². The third-order valence-electron chi connectivity index (χ3n) is 3.06. The van der Waals surface area contributed by atoms with Crippen LogP contribution in [0.2, 0.25) is 0 Å². The minimum absolute atomic E-state index is 0.101. The lowest BCUT2D eigenvalue weighted by atomic mass is 10.3. The van der Waals surface area contributed by atoms with Gasteiger partial charge in [0.25, 0.3) is 0 Å². The Morgan fingerprint density at radius 1 is 1.22 bits per heavy atom. The lowest BCUT2D eigenvalue weighted by Gasteiger charge is -2.19. The van der Waals surface area contributed by atoms with E-state index in [0.717, 1.165) is 16.1 Å². The van der Waals surface area contributed by atoms with E-state index >= 15 is 0 Å². The van der Waals surface area contributed by atoms with Crippen LogP contribution in [0.4, 0.5) is 0 Å². The number of hydrogen-bond donors (Lipinski definition) is 1. The maximum atomic E-state index is 12.0. The molecule has 8 heteroatoms. The van der Waals surface area contributed by atoms with Gasteiger partial charge in [0.15, 0.2) is 0 Å². The predicted octanol–water partition coefficient (Wildman–Crippen LogP) is 0.555. The maximum Gasteiger partial charge on any atom is 0.235 e. The molecule has 2 aromatic rings. The number of nitrogens with one attached hydrogen (secondary N) is 1. The zero-order valence-corrected chi connectivity index (χ0v) is 13.5. The third kappa shape index (κ3) is 5.76. The van der Waals surface area contributed by atoms with Crippen LogP contribution in [-0.4, -0.2) is 41.4 Å². The van der Waals surface area contributed by atoms with Gasteiger partial charge >= 0.3 is 0 Å². The quantitative estimate of drug-likeness (QED) is 0.798. The Hall–Kier alpha value is -2.32. The topological polar surface area (TPSA) is 92.3 Å². The molecule has 0 unspecified atom stereocenters. The molecule has 0 aromatic carbocycles. The lowest BCUT2D eigenvalue weighted by molar-refractivity contribution is -0.121. The van der Waals surface area contributed by atoms with Crippen molar-refractivity contribution >= 4 is 15.9 Å². The number of amides is 1. The van der Waals surface area contributed by atoms with Crippen LogP contribution in [0.15, 0.2) is 48.9 Å². The Bertz CT molecular complexity index is 736. The van der Waals surface area contributed by atoms with Crippen molar-refractivity contribution in [1.82, 2.24) is 19.6 Å². The SMILES string of the molecule is CS(=O)(=O)N(CC(=O)NCc1ccccn1)Cc1cccnc1. The number of carbonyl (C=O) groups is 1. The summed E-state index contributed by atoms with van der Waals surface area (Å²) in [5.74, 6) is -0.384. The van der Waals surface area contributed by atoms with Crippen LogP contribution in [0.1, 0.15) is 11.3 Å². The summed E-state index contributed by atoms with van der Waals surface area (Å²) in [4.78, 5) is 20.0. The van der Waals surface area contributed by atoms with Crippen molar-refractivity contribution in [2.24, 2.45) is 0 Å². The zero-order chi connectivity index (χ0) is 16.7. The summed E-state index contributed by atoms with van der Waals surface area (Å²) in [5.41, 5.74) is 1.43. The Kier molecular flexibility index (Phi) is 5.78. The predicted molar refractivity (Wildman–Crippen MR) is 85.6 cm³/mol. The summed E-state index contributed by atoms with van der Waals surface area (Å²) >= 11 is 0. The first-order valence-corrected chi connectivity index (χ1v) is 8.80. The molecule has 23 heavy (non-hydrogen) atoms. The smallest absolute Gasteiger partial charge is 0.235 e. The standard InChI is InChI=1S/C15H18N4O3S/c1-23(21,22)19(11-13-5-4-7-16-9-13)12-15(20)18-10-14-6-2-3-8-17-14/h2-9H,10-12H2,1H3,(H,18,20). The molecule has 0 radical (unpaired) electrons. The third-order valence-corrected chi connectivity index (χ3v) is 4.26. The molecule has 7 nitrogen and oxygen atoms in total. The molecule has 0 bridgehead atoms. The van der Waals surface area contributed by atoms with Crippen molar-refractivity contribution < 1.29 is 13.2 Å². The number of hydrogen-bond acceptors (Lipinski definition) is 5. The van der Waals surface area contributed by atoms with E-state index in [1.807, 2.05) is 6.07 Å². The molecule has 0 atom stereocenters. The van der Waals surface area contributed by atoms with Crippen LogP contribution in [0.5, 0.6) is 0 Å². The van der Waals surface area contributed by atoms with E-state index in [1.54, 1.807) is 42.9 Å². The fourth-order valence-corrected chi connectivity index (χ4v) is 2.63. The van der Waals surface area contributed by atoms with Gasteiger partial charge in [0.2, 0.25) is 15.9 Å². The summed E-state index contributed by atoms with van der Waals surface area (Å²) in [7, 11) is -3.51. The molecule has 2 aromatic heterocycles. The van der Waals surface area contributed by atoms with E-state index in [4.69, 9.17) is 0 Å². The highest BCUT2D eigenvalue weighted by Gasteiger charge is 2.20. The van der Waals surface area contributed by atoms with Crippen molar-refractivity contribution in [2.45, 2.75) is 13.1 Å². The van der Waals surface area contributed by atoms with Gasteiger partial charge in [-0.3, -0.25) is 14.8 Å². The van der Waals surface area contributed by atoms with Gasteiger partial charge in [-0.15, -0.1) is 0 Å². The lowest BCUT2D eigenvalue weighted by Crippen LogP contribution is -2.39. The van der Waals surface area contributed by atoms with Crippen LogP contribution in [0, 0.1) is 0 Å². The van der Waals surface area contributed by atoms with Crippen molar-refractivity contribution in [3.8, 4) is 0 Å². The Balaban J connectivity index is 1.96. The second-order valence-electron chi connectivity index (χ2n) is 4.99. The van der Waals surface area contributed by atoms with Crippen molar-refractivity contribution in [3.05, 3.63) is 60.2 Å². The highest BCUT2D eigenvalue weighted by atomic mass is 32.2. The molecule has 0 saturated carbocycles. The summed E-state index contributed by atoms with van der Waals surface area (Å²) in [6, 6.07) is 8.86. The summed E-state index contributed by atoms with van der Waals surface area (Å²) < 4.78 is 24.8. The second kappa shape index (κ2) is 7.80. The molecule has 0 aliphatic rings. The van der Waals surface area contributed by atoms with Crippen LogP contribution < -0.4 is 5.32 Å².